The van der Waals surface area contributed by atoms with E-state index in [1.165, 1.54) is 11.3 Å². The number of rotatable bonds is 3. The molecule has 4 nitrogen and oxygen atoms in total. The molecule has 0 aliphatic carbocycles. The second kappa shape index (κ2) is 5.06. The second-order valence-corrected chi connectivity index (χ2v) is 7.78. The molecule has 1 aliphatic heterocycles. The lowest BCUT2D eigenvalue weighted by Gasteiger charge is -2.30. The van der Waals surface area contributed by atoms with Crippen molar-refractivity contribution in [2.45, 2.75) is 30.0 Å². The Morgan fingerprint density at radius 3 is 2.47 bits per heavy atom. The molecule has 1 fully saturated rings. The summed E-state index contributed by atoms with van der Waals surface area (Å²) in [4.78, 5) is 1.04. The number of nitrogens with one attached hydrogen (secondary N) is 1. The van der Waals surface area contributed by atoms with Gasteiger partial charge in [0.2, 0.25) is 0 Å². The molecule has 0 saturated carbocycles. The Balaban J connectivity index is 2.12. The highest BCUT2D eigenvalue weighted by molar-refractivity contribution is 7.91. The smallest absolute Gasteiger partial charge is 0.252 e. The number of aryl methyl sites for hydroxylation is 1. The van der Waals surface area contributed by atoms with Crippen LogP contribution in [0.4, 0.5) is 0 Å². The Bertz CT molecular complexity index is 473. The van der Waals surface area contributed by atoms with Crippen LogP contribution in [-0.4, -0.2) is 38.9 Å². The number of hydrogen-bond acceptors (Lipinski definition) is 4. The van der Waals surface area contributed by atoms with Gasteiger partial charge in [-0.05, 0) is 38.9 Å². The van der Waals surface area contributed by atoms with Crippen LogP contribution < -0.4 is 5.32 Å². The first-order valence-electron chi connectivity index (χ1n) is 5.78. The van der Waals surface area contributed by atoms with Crippen LogP contribution in [0.5, 0.6) is 0 Å². The third kappa shape index (κ3) is 2.70. The van der Waals surface area contributed by atoms with Gasteiger partial charge in [0.1, 0.15) is 4.21 Å². The Morgan fingerprint density at radius 2 is 2.00 bits per heavy atom. The summed E-state index contributed by atoms with van der Waals surface area (Å²) >= 11 is 1.35. The van der Waals surface area contributed by atoms with Crippen LogP contribution in [0.25, 0.3) is 0 Å². The molecule has 0 radical (unpaired) electrons. The highest BCUT2D eigenvalue weighted by Crippen LogP contribution is 2.26. The van der Waals surface area contributed by atoms with E-state index < -0.39 is 10.0 Å². The molecule has 2 rings (SSSR count). The molecule has 1 N–H and O–H groups in total. The van der Waals surface area contributed by atoms with E-state index in [1.807, 2.05) is 20.0 Å². The predicted molar refractivity (Wildman–Crippen MR) is 69.9 cm³/mol. The predicted octanol–water partition coefficient (Wildman–Crippen LogP) is 1.43. The average molecular weight is 274 g/mol. The topological polar surface area (TPSA) is 49.4 Å². The summed E-state index contributed by atoms with van der Waals surface area (Å²) in [5, 5.41) is 3.20. The third-order valence-electron chi connectivity index (χ3n) is 3.17. The van der Waals surface area contributed by atoms with E-state index in [-0.39, 0.29) is 0 Å². The summed E-state index contributed by atoms with van der Waals surface area (Å²) in [6.45, 7) is 3.16. The maximum Gasteiger partial charge on any atom is 0.252 e. The van der Waals surface area contributed by atoms with Crippen LogP contribution in [0.2, 0.25) is 0 Å². The molecule has 0 aromatic carbocycles. The second-order valence-electron chi connectivity index (χ2n) is 4.33. The number of hydrogen-bond donors (Lipinski definition) is 1. The maximum atomic E-state index is 12.3. The molecule has 0 atom stereocenters. The first-order valence-corrected chi connectivity index (χ1v) is 8.03. The van der Waals surface area contributed by atoms with E-state index in [2.05, 4.69) is 5.32 Å². The highest BCUT2D eigenvalue weighted by atomic mass is 32.2. The summed E-state index contributed by atoms with van der Waals surface area (Å²) < 4.78 is 26.7. The quantitative estimate of drug-likeness (QED) is 0.907. The number of piperidine rings is 1. The van der Waals surface area contributed by atoms with Crippen molar-refractivity contribution < 1.29 is 8.42 Å². The largest absolute Gasteiger partial charge is 0.317 e. The summed E-state index contributed by atoms with van der Waals surface area (Å²) in [5.74, 6) is 0. The van der Waals surface area contributed by atoms with Crippen LogP contribution in [0.1, 0.15) is 17.7 Å². The van der Waals surface area contributed by atoms with Gasteiger partial charge < -0.3 is 5.32 Å². The highest BCUT2D eigenvalue weighted by Gasteiger charge is 2.29. The van der Waals surface area contributed by atoms with Gasteiger partial charge in [0, 0.05) is 24.0 Å². The molecule has 96 valence electrons. The van der Waals surface area contributed by atoms with E-state index in [1.54, 1.807) is 10.4 Å². The zero-order valence-corrected chi connectivity index (χ0v) is 11.8. The first-order chi connectivity index (χ1) is 8.04. The van der Waals surface area contributed by atoms with Gasteiger partial charge in [0.15, 0.2) is 0 Å². The monoisotopic (exact) mass is 274 g/mol. The minimum absolute atomic E-state index is 0.450. The molecule has 1 aliphatic rings. The molecular weight excluding hydrogens is 256 g/mol. The van der Waals surface area contributed by atoms with Crippen molar-refractivity contribution in [3.05, 3.63) is 17.0 Å². The van der Waals surface area contributed by atoms with Crippen LogP contribution in [0.15, 0.2) is 16.3 Å². The van der Waals surface area contributed by atoms with Gasteiger partial charge in [-0.25, -0.2) is 8.42 Å². The zero-order chi connectivity index (χ0) is 12.5. The van der Waals surface area contributed by atoms with Crippen molar-refractivity contribution in [1.82, 2.24) is 9.62 Å². The molecule has 1 aromatic rings. The van der Waals surface area contributed by atoms with Gasteiger partial charge in [-0.15, -0.1) is 11.3 Å². The van der Waals surface area contributed by atoms with Gasteiger partial charge in [-0.3, -0.25) is 0 Å². The Kier molecular flexibility index (Phi) is 3.87. The van der Waals surface area contributed by atoms with Crippen molar-refractivity contribution in [1.29, 1.82) is 0 Å². The summed E-state index contributed by atoms with van der Waals surface area (Å²) in [6, 6.07) is 4.02. The van der Waals surface area contributed by atoms with Gasteiger partial charge >= 0.3 is 0 Å². The summed E-state index contributed by atoms with van der Waals surface area (Å²) in [7, 11) is -1.32. The van der Waals surface area contributed by atoms with Crippen LogP contribution >= 0.6 is 11.3 Å². The molecule has 0 spiro atoms. The normalized spacial score (nSPS) is 19.6. The zero-order valence-electron chi connectivity index (χ0n) is 10.1. The summed E-state index contributed by atoms with van der Waals surface area (Å²) in [6.07, 6.45) is 1.78. The maximum absolute atomic E-state index is 12.3. The van der Waals surface area contributed by atoms with E-state index in [0.717, 1.165) is 17.7 Å². The SMILES string of the molecule is CNC1CCN(S(=O)(=O)c2ccc(C)s2)CC1. The molecule has 1 aromatic heterocycles. The molecule has 0 amide bonds. The van der Waals surface area contributed by atoms with Gasteiger partial charge in [0.05, 0.1) is 0 Å². The van der Waals surface area contributed by atoms with Crippen LogP contribution in [0, 0.1) is 6.92 Å². The van der Waals surface area contributed by atoms with Crippen LogP contribution in [-0.2, 0) is 10.0 Å². The molecule has 1 saturated heterocycles. The van der Waals surface area contributed by atoms with Gasteiger partial charge in [0.25, 0.3) is 10.0 Å². The molecule has 2 heterocycles. The molecule has 17 heavy (non-hydrogen) atoms. The number of nitrogens with zero attached hydrogens (tertiary/aromatic N) is 1. The van der Waals surface area contributed by atoms with Crippen molar-refractivity contribution in [3.63, 3.8) is 0 Å². The van der Waals surface area contributed by atoms with Gasteiger partial charge in [-0.1, -0.05) is 0 Å². The summed E-state index contributed by atoms with van der Waals surface area (Å²) in [5.41, 5.74) is 0. The van der Waals surface area contributed by atoms with E-state index in [0.29, 0.717) is 23.3 Å². The number of thiophene rings is 1. The van der Waals surface area contributed by atoms with Crippen molar-refractivity contribution in [2.75, 3.05) is 20.1 Å². The Labute approximate surface area is 107 Å². The lowest BCUT2D eigenvalue weighted by atomic mass is 10.1. The number of sulfonamides is 1. The molecule has 0 unspecified atom stereocenters. The lowest BCUT2D eigenvalue weighted by molar-refractivity contribution is 0.299. The van der Waals surface area contributed by atoms with E-state index in [4.69, 9.17) is 0 Å². The molecule has 0 bridgehead atoms. The van der Waals surface area contributed by atoms with E-state index >= 15 is 0 Å². The van der Waals surface area contributed by atoms with Crippen LogP contribution in [0.3, 0.4) is 0 Å². The fraction of sp³-hybridized carbons (Fsp3) is 0.636. The molecule has 6 heteroatoms. The fourth-order valence-corrected chi connectivity index (χ4v) is 4.97. The van der Waals surface area contributed by atoms with E-state index in [9.17, 15) is 8.42 Å². The minimum atomic E-state index is -3.25. The Hall–Kier alpha value is -0.430. The third-order valence-corrected chi connectivity index (χ3v) is 6.54. The minimum Gasteiger partial charge on any atom is -0.317 e. The van der Waals surface area contributed by atoms with Gasteiger partial charge in [-0.2, -0.15) is 4.31 Å². The Morgan fingerprint density at radius 1 is 1.35 bits per heavy atom. The first kappa shape index (κ1) is 13.0. The average Bonchev–Trinajstić information content (AvgIpc) is 2.77. The van der Waals surface area contributed by atoms with Crippen molar-refractivity contribution in [2.24, 2.45) is 0 Å². The fourth-order valence-electron chi connectivity index (χ4n) is 2.06. The lowest BCUT2D eigenvalue weighted by Crippen LogP contribution is -2.43. The molecular formula is C11H18N2O2S2. The standard InChI is InChI=1S/C11H18N2O2S2/c1-9-3-4-11(16-9)17(14,15)13-7-5-10(12-2)6-8-13/h3-4,10,12H,5-8H2,1-2H3. The van der Waals surface area contributed by atoms with Crippen molar-refractivity contribution in [3.8, 4) is 0 Å². The van der Waals surface area contributed by atoms with Crippen molar-refractivity contribution >= 4 is 21.4 Å².